The minimum atomic E-state index is 0.557. The molecule has 0 spiro atoms. The third-order valence-corrected chi connectivity index (χ3v) is 6.36. The Kier molecular flexibility index (Phi) is 5.95. The van der Waals surface area contributed by atoms with E-state index in [4.69, 9.17) is 0 Å². The van der Waals surface area contributed by atoms with Crippen LogP contribution in [0.3, 0.4) is 0 Å². The fourth-order valence-electron chi connectivity index (χ4n) is 5.14. The second-order valence-electron chi connectivity index (χ2n) is 8.08. The van der Waals surface area contributed by atoms with Crippen molar-refractivity contribution in [3.63, 3.8) is 0 Å². The SMILES string of the molecule is CCCNC(C1CCCCC1CC)C1CCCC1(C)C. The highest BCUT2D eigenvalue weighted by molar-refractivity contribution is 4.97. The van der Waals surface area contributed by atoms with Crippen molar-refractivity contribution < 1.29 is 0 Å². The molecule has 2 fully saturated rings. The van der Waals surface area contributed by atoms with Gasteiger partial charge in [0.15, 0.2) is 0 Å². The molecular weight excluding hydrogens is 242 g/mol. The van der Waals surface area contributed by atoms with Gasteiger partial charge in [0, 0.05) is 6.04 Å². The molecule has 0 aromatic heterocycles. The molecule has 1 heteroatoms. The molecule has 1 nitrogen and oxygen atoms in total. The van der Waals surface area contributed by atoms with Crippen LogP contribution in [0.15, 0.2) is 0 Å². The summed E-state index contributed by atoms with van der Waals surface area (Å²) in [5.41, 5.74) is 0.557. The van der Waals surface area contributed by atoms with Crippen LogP contribution >= 0.6 is 0 Å². The van der Waals surface area contributed by atoms with Gasteiger partial charge in [0.2, 0.25) is 0 Å². The Balaban J connectivity index is 2.13. The van der Waals surface area contributed by atoms with E-state index in [1.807, 2.05) is 0 Å². The molecule has 2 rings (SSSR count). The molecule has 1 N–H and O–H groups in total. The van der Waals surface area contributed by atoms with Crippen molar-refractivity contribution in [3.8, 4) is 0 Å². The molecule has 0 radical (unpaired) electrons. The van der Waals surface area contributed by atoms with Crippen LogP contribution in [0.5, 0.6) is 0 Å². The lowest BCUT2D eigenvalue weighted by molar-refractivity contribution is 0.0919. The first-order valence-corrected chi connectivity index (χ1v) is 9.33. The van der Waals surface area contributed by atoms with Crippen molar-refractivity contribution in [2.45, 2.75) is 91.5 Å². The zero-order valence-corrected chi connectivity index (χ0v) is 14.4. The summed E-state index contributed by atoms with van der Waals surface area (Å²) >= 11 is 0. The van der Waals surface area contributed by atoms with E-state index >= 15 is 0 Å². The van der Waals surface area contributed by atoms with Crippen molar-refractivity contribution in [2.24, 2.45) is 23.2 Å². The fraction of sp³-hybridized carbons (Fsp3) is 1.00. The molecule has 4 atom stereocenters. The smallest absolute Gasteiger partial charge is 0.0131 e. The van der Waals surface area contributed by atoms with Crippen molar-refractivity contribution in [1.82, 2.24) is 5.32 Å². The van der Waals surface area contributed by atoms with Gasteiger partial charge in [0.05, 0.1) is 0 Å². The lowest BCUT2D eigenvalue weighted by atomic mass is 9.66. The molecule has 2 saturated carbocycles. The normalized spacial score (nSPS) is 35.1. The first kappa shape index (κ1) is 16.3. The second-order valence-corrected chi connectivity index (χ2v) is 8.08. The fourth-order valence-corrected chi connectivity index (χ4v) is 5.14. The van der Waals surface area contributed by atoms with Gasteiger partial charge in [-0.25, -0.2) is 0 Å². The van der Waals surface area contributed by atoms with Crippen LogP contribution in [-0.4, -0.2) is 12.6 Å². The monoisotopic (exact) mass is 279 g/mol. The van der Waals surface area contributed by atoms with E-state index in [9.17, 15) is 0 Å². The van der Waals surface area contributed by atoms with Crippen LogP contribution in [0.1, 0.15) is 85.5 Å². The van der Waals surface area contributed by atoms with Crippen molar-refractivity contribution in [3.05, 3.63) is 0 Å². The highest BCUT2D eigenvalue weighted by Crippen LogP contribution is 2.48. The zero-order chi connectivity index (χ0) is 14.6. The van der Waals surface area contributed by atoms with Gasteiger partial charge in [-0.15, -0.1) is 0 Å². The Morgan fingerprint density at radius 3 is 2.40 bits per heavy atom. The van der Waals surface area contributed by atoms with Crippen LogP contribution in [0.2, 0.25) is 0 Å². The third kappa shape index (κ3) is 3.59. The highest BCUT2D eigenvalue weighted by atomic mass is 14.9. The highest BCUT2D eigenvalue weighted by Gasteiger charge is 2.44. The van der Waals surface area contributed by atoms with E-state index in [0.717, 1.165) is 23.8 Å². The summed E-state index contributed by atoms with van der Waals surface area (Å²) < 4.78 is 0. The Morgan fingerprint density at radius 2 is 1.80 bits per heavy atom. The first-order chi connectivity index (χ1) is 9.60. The summed E-state index contributed by atoms with van der Waals surface area (Å²) in [5.74, 6) is 2.84. The van der Waals surface area contributed by atoms with Crippen molar-refractivity contribution in [1.29, 1.82) is 0 Å². The van der Waals surface area contributed by atoms with Gasteiger partial charge >= 0.3 is 0 Å². The Hall–Kier alpha value is -0.0400. The molecule has 0 heterocycles. The number of hydrogen-bond acceptors (Lipinski definition) is 1. The van der Waals surface area contributed by atoms with Crippen LogP contribution < -0.4 is 5.32 Å². The Labute approximate surface area is 127 Å². The van der Waals surface area contributed by atoms with E-state index < -0.39 is 0 Å². The first-order valence-electron chi connectivity index (χ1n) is 9.33. The summed E-state index contributed by atoms with van der Waals surface area (Å²) in [6.45, 7) is 11.0. The molecule has 0 aromatic carbocycles. The van der Waals surface area contributed by atoms with Crippen LogP contribution in [-0.2, 0) is 0 Å². The molecule has 4 unspecified atom stereocenters. The topological polar surface area (TPSA) is 12.0 Å². The maximum Gasteiger partial charge on any atom is 0.0131 e. The van der Waals surface area contributed by atoms with E-state index in [0.29, 0.717) is 5.41 Å². The summed E-state index contributed by atoms with van der Waals surface area (Å²) in [7, 11) is 0. The molecule has 0 bridgehead atoms. The average molecular weight is 280 g/mol. The van der Waals surface area contributed by atoms with Crippen LogP contribution in [0, 0.1) is 23.2 Å². The largest absolute Gasteiger partial charge is 0.313 e. The molecule has 0 saturated heterocycles. The maximum atomic E-state index is 4.00. The van der Waals surface area contributed by atoms with Crippen molar-refractivity contribution in [2.75, 3.05) is 6.54 Å². The summed E-state index contributed by atoms with van der Waals surface area (Å²) in [6, 6.07) is 0.790. The third-order valence-electron chi connectivity index (χ3n) is 6.36. The molecule has 0 aromatic rings. The number of hydrogen-bond donors (Lipinski definition) is 1. The van der Waals surface area contributed by atoms with Gasteiger partial charge in [-0.05, 0) is 55.4 Å². The molecule has 20 heavy (non-hydrogen) atoms. The second kappa shape index (κ2) is 7.29. The number of rotatable bonds is 6. The Bertz CT molecular complexity index is 283. The van der Waals surface area contributed by atoms with Gasteiger partial charge in [-0.1, -0.05) is 59.8 Å². The molecule has 118 valence electrons. The van der Waals surface area contributed by atoms with Gasteiger partial charge < -0.3 is 5.32 Å². The summed E-state index contributed by atoms with van der Waals surface area (Å²) in [5, 5.41) is 4.00. The standard InChI is InChI=1S/C19H37N/c1-5-14-20-18(17-12-9-13-19(17,3)4)16-11-8-7-10-15(16)6-2/h15-18,20H,5-14H2,1-4H3. The van der Waals surface area contributed by atoms with Crippen LogP contribution in [0.25, 0.3) is 0 Å². The molecule has 0 amide bonds. The molecule has 2 aliphatic rings. The van der Waals surface area contributed by atoms with Gasteiger partial charge in [0.1, 0.15) is 0 Å². The van der Waals surface area contributed by atoms with Gasteiger partial charge in [-0.2, -0.15) is 0 Å². The predicted molar refractivity (Wildman–Crippen MR) is 88.9 cm³/mol. The maximum absolute atomic E-state index is 4.00. The van der Waals surface area contributed by atoms with Crippen molar-refractivity contribution >= 4 is 0 Å². The lowest BCUT2D eigenvalue weighted by Crippen LogP contribution is -2.49. The van der Waals surface area contributed by atoms with E-state index in [1.54, 1.807) is 0 Å². The minimum Gasteiger partial charge on any atom is -0.313 e. The lowest BCUT2D eigenvalue weighted by Gasteiger charge is -2.44. The van der Waals surface area contributed by atoms with E-state index in [2.05, 4.69) is 33.0 Å². The summed E-state index contributed by atoms with van der Waals surface area (Å²) in [4.78, 5) is 0. The van der Waals surface area contributed by atoms with E-state index in [1.165, 1.54) is 64.3 Å². The zero-order valence-electron chi connectivity index (χ0n) is 14.4. The molecule has 2 aliphatic carbocycles. The predicted octanol–water partition coefficient (Wildman–Crippen LogP) is 5.40. The van der Waals surface area contributed by atoms with Crippen LogP contribution in [0.4, 0.5) is 0 Å². The van der Waals surface area contributed by atoms with E-state index in [-0.39, 0.29) is 0 Å². The molecular formula is C19H37N. The number of nitrogens with one attached hydrogen (secondary N) is 1. The quantitative estimate of drug-likeness (QED) is 0.686. The average Bonchev–Trinajstić information content (AvgIpc) is 2.79. The van der Waals surface area contributed by atoms with Gasteiger partial charge in [-0.3, -0.25) is 0 Å². The Morgan fingerprint density at radius 1 is 1.05 bits per heavy atom. The van der Waals surface area contributed by atoms with Gasteiger partial charge in [0.25, 0.3) is 0 Å². The minimum absolute atomic E-state index is 0.557. The molecule has 0 aliphatic heterocycles. The summed E-state index contributed by atoms with van der Waals surface area (Å²) in [6.07, 6.45) is 12.9.